The lowest BCUT2D eigenvalue weighted by molar-refractivity contribution is -0.117. The first-order valence-electron chi connectivity index (χ1n) is 9.74. The van der Waals surface area contributed by atoms with Gasteiger partial charge in [-0.15, -0.1) is 11.3 Å². The molecule has 0 saturated carbocycles. The Morgan fingerprint density at radius 1 is 0.906 bits per heavy atom. The molecular weight excluding hydrogens is 428 g/mol. The number of methoxy groups -OCH3 is 3. The number of carbonyl (C=O) groups is 2. The summed E-state index contributed by atoms with van der Waals surface area (Å²) < 4.78 is 15.8. The summed E-state index contributed by atoms with van der Waals surface area (Å²) in [6.45, 7) is 0.247. The van der Waals surface area contributed by atoms with Crippen LogP contribution < -0.4 is 24.8 Å². The van der Waals surface area contributed by atoms with E-state index in [0.717, 1.165) is 10.4 Å². The second-order valence-electron chi connectivity index (χ2n) is 6.59. The zero-order valence-electron chi connectivity index (χ0n) is 18.0. The quantitative estimate of drug-likeness (QED) is 0.482. The van der Waals surface area contributed by atoms with Gasteiger partial charge >= 0.3 is 0 Å². The fraction of sp³-hybridized carbons (Fsp3) is 0.167. The second kappa shape index (κ2) is 11.0. The van der Waals surface area contributed by atoms with Gasteiger partial charge in [0.1, 0.15) is 11.4 Å². The summed E-state index contributed by atoms with van der Waals surface area (Å²) in [7, 11) is 4.59. The van der Waals surface area contributed by atoms with E-state index in [-0.39, 0.29) is 12.2 Å². The Balaban J connectivity index is 1.80. The molecule has 7 nitrogen and oxygen atoms in total. The van der Waals surface area contributed by atoms with Crippen LogP contribution in [-0.4, -0.2) is 33.1 Å². The topological polar surface area (TPSA) is 85.9 Å². The summed E-state index contributed by atoms with van der Waals surface area (Å²) in [4.78, 5) is 26.7. The minimum absolute atomic E-state index is 0.127. The molecule has 0 aliphatic carbocycles. The molecule has 0 aliphatic heterocycles. The monoisotopic (exact) mass is 452 g/mol. The van der Waals surface area contributed by atoms with Gasteiger partial charge in [0, 0.05) is 22.5 Å². The lowest BCUT2D eigenvalue weighted by Crippen LogP contribution is -2.34. The molecule has 0 atom stereocenters. The van der Waals surface area contributed by atoms with Crippen LogP contribution in [-0.2, 0) is 11.3 Å². The van der Waals surface area contributed by atoms with Gasteiger partial charge in [-0.3, -0.25) is 9.59 Å². The minimum Gasteiger partial charge on any atom is -0.496 e. The number of hydrogen-bond donors (Lipinski definition) is 2. The van der Waals surface area contributed by atoms with Gasteiger partial charge in [0.25, 0.3) is 11.8 Å². The van der Waals surface area contributed by atoms with Crippen LogP contribution in [0.2, 0.25) is 0 Å². The van der Waals surface area contributed by atoms with Crippen LogP contribution in [0.5, 0.6) is 17.2 Å². The molecule has 3 aromatic rings. The number of nitrogens with one attached hydrogen (secondary N) is 2. The van der Waals surface area contributed by atoms with Gasteiger partial charge in [-0.1, -0.05) is 24.3 Å². The number of para-hydroxylation sites is 1. The number of ether oxygens (including phenoxy) is 3. The zero-order chi connectivity index (χ0) is 22.9. The Morgan fingerprint density at radius 2 is 1.66 bits per heavy atom. The molecule has 0 spiro atoms. The number of carbonyl (C=O) groups excluding carboxylic acids is 2. The van der Waals surface area contributed by atoms with Crippen LogP contribution in [0.15, 0.2) is 65.7 Å². The highest BCUT2D eigenvalue weighted by atomic mass is 32.1. The molecule has 0 bridgehead atoms. The fourth-order valence-corrected chi connectivity index (χ4v) is 3.62. The van der Waals surface area contributed by atoms with Crippen LogP contribution in [0.1, 0.15) is 20.8 Å². The van der Waals surface area contributed by atoms with Gasteiger partial charge in [-0.2, -0.15) is 0 Å². The van der Waals surface area contributed by atoms with Gasteiger partial charge in [0.15, 0.2) is 11.5 Å². The minimum atomic E-state index is -0.443. The van der Waals surface area contributed by atoms with E-state index >= 15 is 0 Å². The molecule has 166 valence electrons. The van der Waals surface area contributed by atoms with E-state index in [1.165, 1.54) is 25.6 Å². The van der Waals surface area contributed by atoms with Crippen LogP contribution in [0.3, 0.4) is 0 Å². The fourth-order valence-electron chi connectivity index (χ4n) is 2.97. The summed E-state index contributed by atoms with van der Waals surface area (Å²) in [6.07, 6.45) is 1.64. The molecule has 1 heterocycles. The molecule has 8 heteroatoms. The molecule has 2 amide bonds. The normalized spacial score (nSPS) is 10.9. The summed E-state index contributed by atoms with van der Waals surface area (Å²) in [6, 6.07) is 15.9. The molecule has 3 rings (SSSR count). The first-order chi connectivity index (χ1) is 15.5. The third kappa shape index (κ3) is 5.67. The Kier molecular flexibility index (Phi) is 7.88. The third-order valence-electron chi connectivity index (χ3n) is 4.60. The molecule has 1 aromatic heterocycles. The van der Waals surface area contributed by atoms with Crippen molar-refractivity contribution < 1.29 is 23.8 Å². The average molecular weight is 453 g/mol. The lowest BCUT2D eigenvalue weighted by Gasteiger charge is -2.13. The maximum atomic E-state index is 13.0. The first-order valence-corrected chi connectivity index (χ1v) is 10.6. The highest BCUT2D eigenvalue weighted by molar-refractivity contribution is 7.10. The molecule has 32 heavy (non-hydrogen) atoms. The van der Waals surface area contributed by atoms with Crippen LogP contribution in [0, 0.1) is 0 Å². The number of benzene rings is 2. The highest BCUT2D eigenvalue weighted by Gasteiger charge is 2.17. The van der Waals surface area contributed by atoms with E-state index < -0.39 is 11.8 Å². The maximum absolute atomic E-state index is 13.0. The van der Waals surface area contributed by atoms with Crippen LogP contribution in [0.25, 0.3) is 6.08 Å². The standard InChI is InChI=1S/C24H24N2O5S/c1-29-20-9-5-4-7-17(20)15-25-24(28)19(14-18-8-6-12-32-18)26-23(27)16-10-11-21(30-2)22(13-16)31-3/h4-14H,15H2,1-3H3,(H,25,28)(H,26,27)/b19-14-. The van der Waals surface area contributed by atoms with Gasteiger partial charge in [-0.05, 0) is 41.8 Å². The molecule has 0 fully saturated rings. The van der Waals surface area contributed by atoms with Gasteiger partial charge in [0.2, 0.25) is 0 Å². The van der Waals surface area contributed by atoms with Crippen molar-refractivity contribution in [2.75, 3.05) is 21.3 Å². The van der Waals surface area contributed by atoms with E-state index in [9.17, 15) is 9.59 Å². The Hall–Kier alpha value is -3.78. The van der Waals surface area contributed by atoms with E-state index in [2.05, 4.69) is 10.6 Å². The van der Waals surface area contributed by atoms with Crippen molar-refractivity contribution in [3.63, 3.8) is 0 Å². The molecule has 0 unspecified atom stereocenters. The van der Waals surface area contributed by atoms with Crippen molar-refractivity contribution in [2.45, 2.75) is 6.54 Å². The van der Waals surface area contributed by atoms with Crippen molar-refractivity contribution in [3.05, 3.63) is 81.7 Å². The van der Waals surface area contributed by atoms with Crippen LogP contribution in [0.4, 0.5) is 0 Å². The number of hydrogen-bond acceptors (Lipinski definition) is 6. The van der Waals surface area contributed by atoms with E-state index in [4.69, 9.17) is 14.2 Å². The van der Waals surface area contributed by atoms with Crippen molar-refractivity contribution in [2.24, 2.45) is 0 Å². The molecular formula is C24H24N2O5S. The first kappa shape index (κ1) is 22.9. The number of thiophene rings is 1. The average Bonchev–Trinajstić information content (AvgIpc) is 3.34. The largest absolute Gasteiger partial charge is 0.496 e. The SMILES string of the molecule is COc1ccccc1CNC(=O)/C(=C/c1cccs1)NC(=O)c1ccc(OC)c(OC)c1. The molecule has 2 N–H and O–H groups in total. The van der Waals surface area contributed by atoms with Crippen molar-refractivity contribution in [1.29, 1.82) is 0 Å². The zero-order valence-corrected chi connectivity index (χ0v) is 18.8. The number of amides is 2. The lowest BCUT2D eigenvalue weighted by atomic mass is 10.1. The van der Waals surface area contributed by atoms with Gasteiger partial charge < -0.3 is 24.8 Å². The van der Waals surface area contributed by atoms with Gasteiger partial charge in [-0.25, -0.2) is 0 Å². The van der Waals surface area contributed by atoms with Crippen LogP contribution >= 0.6 is 11.3 Å². The van der Waals surface area contributed by atoms with E-state index in [0.29, 0.717) is 22.8 Å². The maximum Gasteiger partial charge on any atom is 0.268 e. The van der Waals surface area contributed by atoms with E-state index in [1.807, 2.05) is 41.8 Å². The van der Waals surface area contributed by atoms with E-state index in [1.54, 1.807) is 31.4 Å². The Morgan fingerprint density at radius 3 is 2.34 bits per heavy atom. The number of rotatable bonds is 9. The Labute approximate surface area is 190 Å². The molecule has 0 saturated heterocycles. The van der Waals surface area contributed by atoms with Gasteiger partial charge in [0.05, 0.1) is 21.3 Å². The summed E-state index contributed by atoms with van der Waals surface area (Å²) in [5.41, 5.74) is 1.28. The predicted molar refractivity (Wildman–Crippen MR) is 124 cm³/mol. The summed E-state index contributed by atoms with van der Waals surface area (Å²) in [5, 5.41) is 7.45. The molecule has 0 radical (unpaired) electrons. The predicted octanol–water partition coefficient (Wildman–Crippen LogP) is 3.86. The summed E-state index contributed by atoms with van der Waals surface area (Å²) in [5.74, 6) is 0.739. The Bertz CT molecular complexity index is 1110. The third-order valence-corrected chi connectivity index (χ3v) is 5.42. The van der Waals surface area contributed by atoms with Crippen molar-refractivity contribution in [3.8, 4) is 17.2 Å². The summed E-state index contributed by atoms with van der Waals surface area (Å²) >= 11 is 1.46. The smallest absolute Gasteiger partial charge is 0.268 e. The molecule has 2 aromatic carbocycles. The van der Waals surface area contributed by atoms with Crippen molar-refractivity contribution >= 4 is 29.2 Å². The van der Waals surface area contributed by atoms with Crippen molar-refractivity contribution in [1.82, 2.24) is 10.6 Å². The highest BCUT2D eigenvalue weighted by Crippen LogP contribution is 2.27. The second-order valence-corrected chi connectivity index (χ2v) is 7.57. The molecule has 0 aliphatic rings.